The van der Waals surface area contributed by atoms with Crippen LogP contribution >= 0.6 is 0 Å². The molecule has 0 aliphatic heterocycles. The van der Waals surface area contributed by atoms with Crippen LogP contribution in [0.15, 0.2) is 0 Å². The molecule has 0 aromatic rings. The molecule has 0 aromatic carbocycles. The molecule has 0 amide bonds. The zero-order valence-corrected chi connectivity index (χ0v) is 3.21. The van der Waals surface area contributed by atoms with E-state index in [0.717, 1.165) is 0 Å². The quantitative estimate of drug-likeness (QED) is 0.165. The van der Waals surface area contributed by atoms with E-state index in [4.69, 9.17) is 11.1 Å². The molecule has 5 N–H and O–H groups in total. The molecular weight excluding hydrogens is 61.0 g/mol. The van der Waals surface area contributed by atoms with E-state index < -0.39 is 0 Å². The van der Waals surface area contributed by atoms with Crippen molar-refractivity contribution in [3.8, 4) is 0 Å². The van der Waals surface area contributed by atoms with Crippen LogP contribution in [0, 0.1) is 5.41 Å². The molecular formula is CH5LiN3+. The monoisotopic (exact) mass is 66.1 g/mol. The molecule has 4 heteroatoms. The standard InChI is InChI=1S/CH4N3.Li/c2-1(3)4;/h(H4-,2,3,4);/q-1;+1/p+1. The summed E-state index contributed by atoms with van der Waals surface area (Å²) in [5.41, 5.74) is 8.94. The minimum atomic E-state index is -0.333. The average Bonchev–Trinajstić information content (AvgIpc) is 0.811. The molecule has 0 bridgehead atoms. The molecule has 0 radical (unpaired) electrons. The molecule has 0 aromatic heterocycles. The van der Waals surface area contributed by atoms with Crippen molar-refractivity contribution in [3.05, 3.63) is 5.73 Å². The SMILES string of the molecule is N=C([NH-])[NH3+].[Li+]. The Kier molecular flexibility index (Phi) is 7.17. The van der Waals surface area contributed by atoms with Crippen LogP contribution in [0.2, 0.25) is 0 Å². The summed E-state index contributed by atoms with van der Waals surface area (Å²) >= 11 is 0. The van der Waals surface area contributed by atoms with Gasteiger partial charge < -0.3 is 16.9 Å². The summed E-state index contributed by atoms with van der Waals surface area (Å²) in [7, 11) is 0. The van der Waals surface area contributed by atoms with Gasteiger partial charge in [-0.2, -0.15) is 0 Å². The van der Waals surface area contributed by atoms with Gasteiger partial charge in [0.1, 0.15) is 5.96 Å². The van der Waals surface area contributed by atoms with Crippen molar-refractivity contribution in [2.24, 2.45) is 0 Å². The van der Waals surface area contributed by atoms with E-state index >= 15 is 0 Å². The zero-order valence-electron chi connectivity index (χ0n) is 3.21. The van der Waals surface area contributed by atoms with Crippen molar-refractivity contribution in [1.82, 2.24) is 0 Å². The van der Waals surface area contributed by atoms with E-state index in [1.165, 1.54) is 0 Å². The van der Waals surface area contributed by atoms with Crippen molar-refractivity contribution < 1.29 is 24.6 Å². The fraction of sp³-hybridized carbons (Fsp3) is 0. The molecule has 0 spiro atoms. The van der Waals surface area contributed by atoms with Crippen LogP contribution in [0.1, 0.15) is 0 Å². The van der Waals surface area contributed by atoms with E-state index in [2.05, 4.69) is 5.73 Å². The molecule has 0 saturated heterocycles. The summed E-state index contributed by atoms with van der Waals surface area (Å²) in [6.07, 6.45) is 0. The van der Waals surface area contributed by atoms with Gasteiger partial charge in [0, 0.05) is 0 Å². The van der Waals surface area contributed by atoms with Crippen molar-refractivity contribution in [1.29, 1.82) is 5.41 Å². The predicted molar refractivity (Wildman–Crippen MR) is 14.9 cm³/mol. The van der Waals surface area contributed by atoms with Crippen LogP contribution in [0.4, 0.5) is 0 Å². The van der Waals surface area contributed by atoms with Crippen molar-refractivity contribution in [3.63, 3.8) is 0 Å². The molecule has 0 atom stereocenters. The van der Waals surface area contributed by atoms with Gasteiger partial charge in [0.2, 0.25) is 0 Å². The second kappa shape index (κ2) is 4.03. The second-order valence-electron chi connectivity index (χ2n) is 0.479. The van der Waals surface area contributed by atoms with Gasteiger partial charge >= 0.3 is 18.9 Å². The van der Waals surface area contributed by atoms with E-state index in [0.29, 0.717) is 0 Å². The summed E-state index contributed by atoms with van der Waals surface area (Å²) in [5, 5.41) is 6.06. The second-order valence-corrected chi connectivity index (χ2v) is 0.479. The van der Waals surface area contributed by atoms with E-state index in [1.54, 1.807) is 0 Å². The molecule has 0 aliphatic carbocycles. The maximum absolute atomic E-state index is 6.06. The van der Waals surface area contributed by atoms with Crippen LogP contribution in [0.25, 0.3) is 5.73 Å². The summed E-state index contributed by atoms with van der Waals surface area (Å²) in [6, 6.07) is 0. The molecule has 0 rings (SSSR count). The smallest absolute Gasteiger partial charge is 0.435 e. The van der Waals surface area contributed by atoms with Gasteiger partial charge in [-0.1, -0.05) is 0 Å². The first-order valence-corrected chi connectivity index (χ1v) is 0.854. The van der Waals surface area contributed by atoms with E-state index in [9.17, 15) is 0 Å². The maximum atomic E-state index is 6.06. The van der Waals surface area contributed by atoms with Crippen LogP contribution in [0.3, 0.4) is 0 Å². The first-order chi connectivity index (χ1) is 1.73. The Morgan fingerprint density at radius 2 is 1.80 bits per heavy atom. The molecule has 24 valence electrons. The number of quaternary nitrogens is 1. The third-order valence-corrected chi connectivity index (χ3v) is 0. The number of guanidine groups is 1. The van der Waals surface area contributed by atoms with Crippen LogP contribution in [-0.4, -0.2) is 5.96 Å². The molecule has 0 saturated carbocycles. The minimum Gasteiger partial charge on any atom is -0.435 e. The zero-order chi connectivity index (χ0) is 3.58. The summed E-state index contributed by atoms with van der Waals surface area (Å²) in [4.78, 5) is 0. The Labute approximate surface area is 42.4 Å². The minimum absolute atomic E-state index is 0. The Morgan fingerprint density at radius 3 is 1.80 bits per heavy atom. The largest absolute Gasteiger partial charge is 1.00 e. The Bertz CT molecular complexity index is 29.9. The third kappa shape index (κ3) is 22000. The topological polar surface area (TPSA) is 75.3 Å². The number of nitrogens with one attached hydrogen (secondary N) is 2. The van der Waals surface area contributed by atoms with Crippen LogP contribution in [0.5, 0.6) is 0 Å². The van der Waals surface area contributed by atoms with Crippen LogP contribution < -0.4 is 24.6 Å². The van der Waals surface area contributed by atoms with E-state index in [-0.39, 0.29) is 24.8 Å². The van der Waals surface area contributed by atoms with Gasteiger partial charge in [0.15, 0.2) is 0 Å². The van der Waals surface area contributed by atoms with Crippen molar-refractivity contribution >= 4 is 5.96 Å². The van der Waals surface area contributed by atoms with Crippen molar-refractivity contribution in [2.75, 3.05) is 0 Å². The predicted octanol–water partition coefficient (Wildman–Crippen LogP) is -3.78. The van der Waals surface area contributed by atoms with Gasteiger partial charge in [-0.3, -0.25) is 0 Å². The Hall–Kier alpha value is 0.0274. The van der Waals surface area contributed by atoms with Gasteiger partial charge in [-0.15, -0.1) is 0 Å². The molecule has 0 fully saturated rings. The number of hydrogen-bond acceptors (Lipinski definition) is 1. The first kappa shape index (κ1) is 8.90. The van der Waals surface area contributed by atoms with Gasteiger partial charge in [-0.05, 0) is 0 Å². The Morgan fingerprint density at radius 1 is 1.80 bits per heavy atom. The summed E-state index contributed by atoms with van der Waals surface area (Å²) in [5.74, 6) is -0.333. The van der Waals surface area contributed by atoms with Gasteiger partial charge in [-0.25, -0.2) is 0 Å². The number of hydrogen-bond donors (Lipinski definition) is 2. The first-order valence-electron chi connectivity index (χ1n) is 0.854. The maximum Gasteiger partial charge on any atom is 1.00 e. The summed E-state index contributed by atoms with van der Waals surface area (Å²) < 4.78 is 0. The normalized spacial score (nSPS) is 5.00. The Balaban J connectivity index is 0. The van der Waals surface area contributed by atoms with Gasteiger partial charge in [0.25, 0.3) is 0 Å². The third-order valence-electron chi connectivity index (χ3n) is 0. The fourth-order valence-electron chi connectivity index (χ4n) is 0. The number of rotatable bonds is 0. The molecule has 0 aliphatic rings. The summed E-state index contributed by atoms with van der Waals surface area (Å²) in [6.45, 7) is 0. The van der Waals surface area contributed by atoms with E-state index in [1.807, 2.05) is 0 Å². The molecule has 0 heterocycles. The molecule has 0 unspecified atom stereocenters. The molecule has 5 heavy (non-hydrogen) atoms. The van der Waals surface area contributed by atoms with Crippen molar-refractivity contribution in [2.45, 2.75) is 0 Å². The van der Waals surface area contributed by atoms with Gasteiger partial charge in [0.05, 0.1) is 0 Å². The fourth-order valence-corrected chi connectivity index (χ4v) is 0. The van der Waals surface area contributed by atoms with Crippen LogP contribution in [-0.2, 0) is 0 Å². The molecule has 3 nitrogen and oxygen atoms in total. The average molecular weight is 66.0 g/mol.